The predicted octanol–water partition coefficient (Wildman–Crippen LogP) is 4.59. The summed E-state index contributed by atoms with van der Waals surface area (Å²) in [6, 6.07) is 23.3. The number of hydrogen-bond acceptors (Lipinski definition) is 5. The third kappa shape index (κ3) is 6.86. The van der Waals surface area contributed by atoms with Crippen LogP contribution < -0.4 is 20.1 Å². The summed E-state index contributed by atoms with van der Waals surface area (Å²) in [6.45, 7) is 0.00604. The molecular weight excluding hydrogens is 454 g/mol. The number of hydrogen-bond donors (Lipinski definition) is 2. The molecule has 0 radical (unpaired) electrons. The lowest BCUT2D eigenvalue weighted by atomic mass is 10.1. The molecular formula is C26H22ClN3O4. The van der Waals surface area contributed by atoms with Crippen LogP contribution in [0.1, 0.15) is 11.1 Å². The molecule has 0 fully saturated rings. The summed E-state index contributed by atoms with van der Waals surface area (Å²) in [5.74, 6) is -0.445. The fourth-order valence-electron chi connectivity index (χ4n) is 3.01. The van der Waals surface area contributed by atoms with Gasteiger partial charge in [0, 0.05) is 12.2 Å². The minimum Gasteiger partial charge on any atom is -0.493 e. The Morgan fingerprint density at radius 3 is 2.38 bits per heavy atom. The summed E-state index contributed by atoms with van der Waals surface area (Å²) in [7, 11) is 1.42. The van der Waals surface area contributed by atoms with Gasteiger partial charge in [0.1, 0.15) is 11.6 Å². The maximum absolute atomic E-state index is 12.5. The highest BCUT2D eigenvalue weighted by Gasteiger charge is 2.15. The SMILES string of the molecule is COc1cc(/C=C(\C#N)C(=O)NCc2ccccc2)cc(Cl)c1OCC(=O)Nc1ccccc1. The number of nitrogens with zero attached hydrogens (tertiary/aromatic N) is 1. The molecule has 3 rings (SSSR count). The lowest BCUT2D eigenvalue weighted by Gasteiger charge is -2.13. The molecule has 3 aromatic carbocycles. The highest BCUT2D eigenvalue weighted by atomic mass is 35.5. The van der Waals surface area contributed by atoms with Crippen LogP contribution in [0.15, 0.2) is 78.4 Å². The summed E-state index contributed by atoms with van der Waals surface area (Å²) < 4.78 is 10.9. The van der Waals surface area contributed by atoms with E-state index in [2.05, 4.69) is 10.6 Å². The molecule has 0 saturated heterocycles. The molecule has 0 aliphatic carbocycles. The Morgan fingerprint density at radius 2 is 1.74 bits per heavy atom. The van der Waals surface area contributed by atoms with Crippen molar-refractivity contribution in [1.82, 2.24) is 5.32 Å². The van der Waals surface area contributed by atoms with Gasteiger partial charge in [-0.15, -0.1) is 0 Å². The molecule has 2 N–H and O–H groups in total. The maximum Gasteiger partial charge on any atom is 0.262 e. The molecule has 0 spiro atoms. The fraction of sp³-hybridized carbons (Fsp3) is 0.115. The smallest absolute Gasteiger partial charge is 0.262 e. The van der Waals surface area contributed by atoms with Gasteiger partial charge in [-0.2, -0.15) is 5.26 Å². The van der Waals surface area contributed by atoms with Crippen LogP contribution in [0.25, 0.3) is 6.08 Å². The van der Waals surface area contributed by atoms with Crippen LogP contribution in [0.3, 0.4) is 0 Å². The Kier molecular flexibility index (Phi) is 8.67. The van der Waals surface area contributed by atoms with Crippen molar-refractivity contribution in [3.05, 3.63) is 94.5 Å². The van der Waals surface area contributed by atoms with Gasteiger partial charge < -0.3 is 20.1 Å². The number of carbonyl (C=O) groups is 2. The van der Waals surface area contributed by atoms with Crippen LogP contribution in [0.2, 0.25) is 5.02 Å². The Balaban J connectivity index is 1.69. The van der Waals surface area contributed by atoms with Gasteiger partial charge in [0.2, 0.25) is 0 Å². The Morgan fingerprint density at radius 1 is 1.06 bits per heavy atom. The monoisotopic (exact) mass is 475 g/mol. The van der Waals surface area contributed by atoms with Gasteiger partial charge in [0.15, 0.2) is 18.1 Å². The molecule has 0 saturated carbocycles. The van der Waals surface area contributed by atoms with Crippen molar-refractivity contribution >= 4 is 35.2 Å². The van der Waals surface area contributed by atoms with Crippen molar-refractivity contribution in [2.24, 2.45) is 0 Å². The van der Waals surface area contributed by atoms with Crippen LogP contribution in [-0.2, 0) is 16.1 Å². The first-order valence-electron chi connectivity index (χ1n) is 10.3. The lowest BCUT2D eigenvalue weighted by molar-refractivity contribution is -0.118. The summed E-state index contributed by atoms with van der Waals surface area (Å²) in [5.41, 5.74) is 1.93. The summed E-state index contributed by atoms with van der Waals surface area (Å²) in [6.07, 6.45) is 1.40. The number of anilines is 1. The summed E-state index contributed by atoms with van der Waals surface area (Å²) in [5, 5.41) is 15.1. The molecule has 0 aliphatic heterocycles. The number of para-hydroxylation sites is 1. The molecule has 2 amide bonds. The molecule has 0 bridgehead atoms. The molecule has 0 aliphatic rings. The zero-order valence-electron chi connectivity index (χ0n) is 18.4. The molecule has 0 unspecified atom stereocenters. The predicted molar refractivity (Wildman–Crippen MR) is 130 cm³/mol. The molecule has 0 atom stereocenters. The van der Waals surface area contributed by atoms with Crippen LogP contribution >= 0.6 is 11.6 Å². The number of carbonyl (C=O) groups excluding carboxylic acids is 2. The van der Waals surface area contributed by atoms with Crippen molar-refractivity contribution in [2.45, 2.75) is 6.54 Å². The van der Waals surface area contributed by atoms with Gasteiger partial charge in [-0.1, -0.05) is 60.1 Å². The molecule has 3 aromatic rings. The minimum absolute atomic E-state index is 0.0926. The average Bonchev–Trinajstić information content (AvgIpc) is 2.86. The van der Waals surface area contributed by atoms with E-state index in [0.717, 1.165) is 5.56 Å². The van der Waals surface area contributed by atoms with Crippen LogP contribution in [0, 0.1) is 11.3 Å². The van der Waals surface area contributed by atoms with E-state index in [0.29, 0.717) is 17.8 Å². The zero-order valence-corrected chi connectivity index (χ0v) is 19.1. The molecule has 0 heterocycles. The number of nitrogens with one attached hydrogen (secondary N) is 2. The minimum atomic E-state index is -0.514. The maximum atomic E-state index is 12.5. The Bertz CT molecular complexity index is 1220. The topological polar surface area (TPSA) is 100 Å². The number of methoxy groups -OCH3 is 1. The first-order valence-corrected chi connectivity index (χ1v) is 10.7. The largest absolute Gasteiger partial charge is 0.493 e. The standard InChI is InChI=1S/C26H22ClN3O4/c1-33-23-14-19(12-20(15-28)26(32)29-16-18-8-4-2-5-9-18)13-22(27)25(23)34-17-24(31)30-21-10-6-3-7-11-21/h2-14H,16-17H2,1H3,(H,29,32)(H,30,31)/b20-12+. The molecule has 34 heavy (non-hydrogen) atoms. The van der Waals surface area contributed by atoms with E-state index in [1.165, 1.54) is 19.3 Å². The average molecular weight is 476 g/mol. The van der Waals surface area contributed by atoms with E-state index in [-0.39, 0.29) is 34.6 Å². The van der Waals surface area contributed by atoms with Gasteiger partial charge in [0.25, 0.3) is 11.8 Å². The van der Waals surface area contributed by atoms with E-state index < -0.39 is 5.91 Å². The fourth-order valence-corrected chi connectivity index (χ4v) is 3.28. The first-order chi connectivity index (χ1) is 16.5. The third-order valence-electron chi connectivity index (χ3n) is 4.63. The van der Waals surface area contributed by atoms with Gasteiger partial charge in [-0.05, 0) is 41.5 Å². The number of benzene rings is 3. The van der Waals surface area contributed by atoms with E-state index in [1.807, 2.05) is 42.5 Å². The quantitative estimate of drug-likeness (QED) is 0.348. The van der Waals surface area contributed by atoms with E-state index in [1.54, 1.807) is 30.3 Å². The molecule has 0 aromatic heterocycles. The zero-order chi connectivity index (χ0) is 24.3. The third-order valence-corrected chi connectivity index (χ3v) is 4.91. The van der Waals surface area contributed by atoms with Crippen molar-refractivity contribution in [2.75, 3.05) is 19.0 Å². The normalized spacial score (nSPS) is 10.7. The number of halogens is 1. The van der Waals surface area contributed by atoms with E-state index in [4.69, 9.17) is 21.1 Å². The summed E-state index contributed by atoms with van der Waals surface area (Å²) in [4.78, 5) is 24.6. The van der Waals surface area contributed by atoms with Crippen molar-refractivity contribution in [3.8, 4) is 17.6 Å². The number of amides is 2. The Hall–Kier alpha value is -4.28. The lowest BCUT2D eigenvalue weighted by Crippen LogP contribution is -2.23. The molecule has 172 valence electrons. The van der Waals surface area contributed by atoms with Gasteiger partial charge in [-0.25, -0.2) is 0 Å². The number of ether oxygens (including phenoxy) is 2. The van der Waals surface area contributed by atoms with E-state index >= 15 is 0 Å². The van der Waals surface area contributed by atoms with Gasteiger partial charge in [0.05, 0.1) is 12.1 Å². The Labute approximate surface area is 202 Å². The number of rotatable bonds is 9. The second-order valence-electron chi connectivity index (χ2n) is 7.08. The highest BCUT2D eigenvalue weighted by Crippen LogP contribution is 2.37. The highest BCUT2D eigenvalue weighted by molar-refractivity contribution is 6.32. The molecule has 8 heteroatoms. The van der Waals surface area contributed by atoms with Gasteiger partial charge in [-0.3, -0.25) is 9.59 Å². The van der Waals surface area contributed by atoms with Crippen molar-refractivity contribution in [1.29, 1.82) is 5.26 Å². The first kappa shape index (κ1) is 24.4. The second kappa shape index (κ2) is 12.1. The van der Waals surface area contributed by atoms with Crippen molar-refractivity contribution in [3.63, 3.8) is 0 Å². The van der Waals surface area contributed by atoms with Crippen LogP contribution in [0.5, 0.6) is 11.5 Å². The van der Waals surface area contributed by atoms with Crippen LogP contribution in [0.4, 0.5) is 5.69 Å². The van der Waals surface area contributed by atoms with Crippen LogP contribution in [-0.4, -0.2) is 25.5 Å². The van der Waals surface area contributed by atoms with Crippen molar-refractivity contribution < 1.29 is 19.1 Å². The van der Waals surface area contributed by atoms with E-state index in [9.17, 15) is 14.9 Å². The number of nitriles is 1. The second-order valence-corrected chi connectivity index (χ2v) is 7.48. The molecule has 7 nitrogen and oxygen atoms in total. The summed E-state index contributed by atoms with van der Waals surface area (Å²) >= 11 is 6.35. The van der Waals surface area contributed by atoms with Gasteiger partial charge >= 0.3 is 0 Å².